The summed E-state index contributed by atoms with van der Waals surface area (Å²) in [6, 6.07) is 5.99. The molecule has 0 saturated carbocycles. The number of hydrogen-bond donors (Lipinski definition) is 3. The highest BCUT2D eigenvalue weighted by atomic mass is 19.3. The number of hydrogen-bond acceptors (Lipinski definition) is 9. The largest absolute Gasteiger partial charge is 0.435 e. The summed E-state index contributed by atoms with van der Waals surface area (Å²) in [5.41, 5.74) is 6.46. The first-order valence-electron chi connectivity index (χ1n) is 10.3. The van der Waals surface area contributed by atoms with Gasteiger partial charge in [0.2, 0.25) is 11.9 Å². The van der Waals surface area contributed by atoms with Crippen molar-refractivity contribution in [2.24, 2.45) is 10.7 Å². The third-order valence-corrected chi connectivity index (χ3v) is 4.58. The Morgan fingerprint density at radius 3 is 2.88 bits per heavy atom. The van der Waals surface area contributed by atoms with E-state index in [-0.39, 0.29) is 36.5 Å². The molecule has 34 heavy (non-hydrogen) atoms. The topological polar surface area (TPSA) is 127 Å². The molecule has 4 N–H and O–H groups in total. The van der Waals surface area contributed by atoms with Gasteiger partial charge in [0.15, 0.2) is 11.6 Å². The number of morpholine rings is 1. The van der Waals surface area contributed by atoms with Crippen LogP contribution < -0.4 is 21.1 Å². The molecule has 2 aromatic rings. The smallest absolute Gasteiger partial charge is 0.387 e. The maximum absolute atomic E-state index is 14.2. The number of anilines is 2. The monoisotopic (exact) mass is 479 g/mol. The summed E-state index contributed by atoms with van der Waals surface area (Å²) in [6.07, 6.45) is 3.52. The maximum atomic E-state index is 14.2. The number of halogens is 3. The second kappa shape index (κ2) is 12.4. The molecule has 1 aromatic carbocycles. The molecule has 0 atom stereocenters. The van der Waals surface area contributed by atoms with Crippen LogP contribution in [0, 0.1) is 5.82 Å². The van der Waals surface area contributed by atoms with Gasteiger partial charge in [0.05, 0.1) is 25.1 Å². The lowest BCUT2D eigenvalue weighted by Crippen LogP contribution is -2.41. The number of nitrogens with one attached hydrogen (secondary N) is 2. The van der Waals surface area contributed by atoms with Crippen LogP contribution in [0.25, 0.3) is 0 Å². The van der Waals surface area contributed by atoms with Crippen LogP contribution in [0.15, 0.2) is 47.4 Å². The number of carbonyl (C=O) groups excluding carboxylic acids is 1. The van der Waals surface area contributed by atoms with E-state index in [2.05, 4.69) is 30.3 Å². The number of aromatic nitrogens is 2. The third-order valence-electron chi connectivity index (χ3n) is 4.58. The molecule has 3 rings (SSSR count). The number of amides is 1. The minimum absolute atomic E-state index is 0.0103. The molecule has 2 heterocycles. The molecule has 1 amide bonds. The predicted octanol–water partition coefficient (Wildman–Crippen LogP) is 1.97. The summed E-state index contributed by atoms with van der Waals surface area (Å²) in [7, 11) is 0. The van der Waals surface area contributed by atoms with Crippen LogP contribution in [0.4, 0.5) is 24.9 Å². The Hall–Kier alpha value is -3.87. The fourth-order valence-corrected chi connectivity index (χ4v) is 2.95. The van der Waals surface area contributed by atoms with Crippen molar-refractivity contribution in [1.29, 1.82) is 0 Å². The molecule has 0 spiro atoms. The van der Waals surface area contributed by atoms with Crippen LogP contribution in [0.5, 0.6) is 5.75 Å². The molecule has 0 radical (unpaired) electrons. The van der Waals surface area contributed by atoms with E-state index in [1.54, 1.807) is 17.0 Å². The standard InChI is InChI=1S/C21H24F3N7O3/c22-17-12-28-21(29-15(9-25)11-26-13-18(32)31-4-6-33-7-5-31)30-19(17)27-10-14-2-1-3-16(8-14)34-20(23)24/h1-3,8-9,11-12,20H,4-7,10,13,25H2,(H2,27,28,29,30)/b15-9+,26-11?. The highest BCUT2D eigenvalue weighted by Gasteiger charge is 2.15. The van der Waals surface area contributed by atoms with Crippen LogP contribution >= 0.6 is 0 Å². The van der Waals surface area contributed by atoms with Crippen LogP contribution in [0.2, 0.25) is 0 Å². The van der Waals surface area contributed by atoms with Gasteiger partial charge in [-0.3, -0.25) is 9.79 Å². The average molecular weight is 479 g/mol. The minimum Gasteiger partial charge on any atom is -0.435 e. The van der Waals surface area contributed by atoms with Crippen molar-refractivity contribution in [3.8, 4) is 5.75 Å². The molecule has 0 bridgehead atoms. The number of ether oxygens (including phenoxy) is 2. The van der Waals surface area contributed by atoms with E-state index < -0.39 is 12.4 Å². The van der Waals surface area contributed by atoms with Gasteiger partial charge in [0, 0.05) is 32.0 Å². The first kappa shape index (κ1) is 24.8. The van der Waals surface area contributed by atoms with Gasteiger partial charge in [-0.2, -0.15) is 13.8 Å². The fraction of sp³-hybridized carbons (Fsp3) is 0.333. The zero-order valence-corrected chi connectivity index (χ0v) is 18.1. The van der Waals surface area contributed by atoms with Gasteiger partial charge >= 0.3 is 6.61 Å². The van der Waals surface area contributed by atoms with E-state index >= 15 is 0 Å². The summed E-state index contributed by atoms with van der Waals surface area (Å²) in [6.45, 7) is -0.870. The molecule has 1 fully saturated rings. The lowest BCUT2D eigenvalue weighted by molar-refractivity contribution is -0.133. The van der Waals surface area contributed by atoms with E-state index in [4.69, 9.17) is 10.5 Å². The SMILES string of the molecule is N/C=C(\C=NCC(=O)N1CCOCC1)Nc1ncc(F)c(NCc2cccc(OC(F)F)c2)n1. The molecule has 0 unspecified atom stereocenters. The van der Waals surface area contributed by atoms with Crippen LogP contribution in [0.1, 0.15) is 5.56 Å². The van der Waals surface area contributed by atoms with Gasteiger partial charge in [-0.05, 0) is 17.7 Å². The molecule has 1 aliphatic heterocycles. The summed E-state index contributed by atoms with van der Waals surface area (Å²) >= 11 is 0. The Morgan fingerprint density at radius 2 is 2.15 bits per heavy atom. The quantitative estimate of drug-likeness (QED) is 0.442. The van der Waals surface area contributed by atoms with Gasteiger partial charge in [0.1, 0.15) is 12.3 Å². The number of allylic oxidation sites excluding steroid dienone is 1. The van der Waals surface area contributed by atoms with Gasteiger partial charge in [0.25, 0.3) is 0 Å². The molecule has 10 nitrogen and oxygen atoms in total. The molecular weight excluding hydrogens is 455 g/mol. The number of rotatable bonds is 10. The van der Waals surface area contributed by atoms with E-state index in [1.165, 1.54) is 24.5 Å². The summed E-state index contributed by atoms with van der Waals surface area (Å²) in [4.78, 5) is 25.8. The van der Waals surface area contributed by atoms with E-state index in [1.807, 2.05) is 0 Å². The molecule has 182 valence electrons. The third kappa shape index (κ3) is 7.62. The number of nitrogens with two attached hydrogens (primary N) is 1. The molecule has 1 aliphatic rings. The summed E-state index contributed by atoms with van der Waals surface area (Å²) in [5.74, 6) is -0.948. The molecule has 13 heteroatoms. The summed E-state index contributed by atoms with van der Waals surface area (Å²) < 4.78 is 48.5. The predicted molar refractivity (Wildman–Crippen MR) is 119 cm³/mol. The van der Waals surface area contributed by atoms with Crippen molar-refractivity contribution in [3.63, 3.8) is 0 Å². The van der Waals surface area contributed by atoms with Crippen LogP contribution in [-0.4, -0.2) is 66.4 Å². The molecule has 1 saturated heterocycles. The number of aliphatic imine (C=N–C) groups is 1. The highest BCUT2D eigenvalue weighted by molar-refractivity contribution is 5.85. The minimum atomic E-state index is -2.94. The maximum Gasteiger partial charge on any atom is 0.387 e. The van der Waals surface area contributed by atoms with Crippen molar-refractivity contribution in [2.75, 3.05) is 43.5 Å². The Kier molecular flexibility index (Phi) is 9.03. The Bertz CT molecular complexity index is 1030. The van der Waals surface area contributed by atoms with Crippen LogP contribution in [0.3, 0.4) is 0 Å². The second-order valence-corrected chi connectivity index (χ2v) is 6.98. The van der Waals surface area contributed by atoms with Crippen molar-refractivity contribution in [3.05, 3.63) is 53.7 Å². The zero-order chi connectivity index (χ0) is 24.3. The van der Waals surface area contributed by atoms with Crippen molar-refractivity contribution in [1.82, 2.24) is 14.9 Å². The summed E-state index contributed by atoms with van der Waals surface area (Å²) in [5, 5.41) is 5.57. The average Bonchev–Trinajstić information content (AvgIpc) is 2.84. The van der Waals surface area contributed by atoms with Gasteiger partial charge in [-0.1, -0.05) is 12.1 Å². The second-order valence-electron chi connectivity index (χ2n) is 6.98. The molecule has 1 aromatic heterocycles. The Balaban J connectivity index is 1.57. The lowest BCUT2D eigenvalue weighted by Gasteiger charge is -2.26. The van der Waals surface area contributed by atoms with E-state index in [9.17, 15) is 18.0 Å². The number of nitrogens with zero attached hydrogens (tertiary/aromatic N) is 4. The van der Waals surface area contributed by atoms with Gasteiger partial charge in [-0.25, -0.2) is 9.37 Å². The zero-order valence-electron chi connectivity index (χ0n) is 18.1. The highest BCUT2D eigenvalue weighted by Crippen LogP contribution is 2.18. The number of alkyl halides is 2. The van der Waals surface area contributed by atoms with Crippen molar-refractivity contribution >= 4 is 23.9 Å². The Morgan fingerprint density at radius 1 is 1.35 bits per heavy atom. The van der Waals surface area contributed by atoms with Crippen molar-refractivity contribution < 1.29 is 27.4 Å². The van der Waals surface area contributed by atoms with Gasteiger partial charge in [-0.15, -0.1) is 0 Å². The van der Waals surface area contributed by atoms with Gasteiger partial charge < -0.3 is 30.7 Å². The first-order chi connectivity index (χ1) is 16.4. The Labute approximate surface area is 193 Å². The molecule has 0 aliphatic carbocycles. The normalized spacial score (nSPS) is 14.5. The van der Waals surface area contributed by atoms with E-state index in [0.717, 1.165) is 6.20 Å². The van der Waals surface area contributed by atoms with Crippen molar-refractivity contribution in [2.45, 2.75) is 13.2 Å². The fourth-order valence-electron chi connectivity index (χ4n) is 2.95. The number of benzene rings is 1. The van der Waals surface area contributed by atoms with E-state index in [0.29, 0.717) is 37.6 Å². The lowest BCUT2D eigenvalue weighted by atomic mass is 10.2. The van der Waals surface area contributed by atoms with Crippen LogP contribution in [-0.2, 0) is 16.1 Å². The first-order valence-corrected chi connectivity index (χ1v) is 10.3. The number of carbonyl (C=O) groups is 1. The molecular formula is C21H24F3N7O3.